The highest BCUT2D eigenvalue weighted by molar-refractivity contribution is 9.11. The van der Waals surface area contributed by atoms with E-state index in [1.165, 1.54) is 29.3 Å². The second-order valence-corrected chi connectivity index (χ2v) is 4.40. The van der Waals surface area contributed by atoms with Gasteiger partial charge in [0.25, 0.3) is 0 Å². The van der Waals surface area contributed by atoms with Crippen molar-refractivity contribution in [2.75, 3.05) is 0 Å². The van der Waals surface area contributed by atoms with Gasteiger partial charge in [0, 0.05) is 5.92 Å². The van der Waals surface area contributed by atoms with Crippen LogP contribution in [-0.2, 0) is 0 Å². The first-order valence-electron chi connectivity index (χ1n) is 4.78. The number of hydrogen-bond acceptors (Lipinski definition) is 0. The molecule has 1 aliphatic carbocycles. The molecule has 0 saturated heterocycles. The van der Waals surface area contributed by atoms with Gasteiger partial charge in [0.2, 0.25) is 0 Å². The van der Waals surface area contributed by atoms with E-state index in [9.17, 15) is 0 Å². The summed E-state index contributed by atoms with van der Waals surface area (Å²) in [6, 6.07) is 10.7. The van der Waals surface area contributed by atoms with Crippen LogP contribution >= 0.6 is 15.9 Å². The van der Waals surface area contributed by atoms with E-state index in [0.717, 1.165) is 0 Å². The largest absolute Gasteiger partial charge is 0.0737 e. The Hall–Kier alpha value is -0.560. The predicted octanol–water partition coefficient (Wildman–Crippen LogP) is 4.23. The minimum absolute atomic E-state index is 0.606. The summed E-state index contributed by atoms with van der Waals surface area (Å²) in [7, 11) is 0. The fourth-order valence-electron chi connectivity index (χ4n) is 1.85. The summed E-state index contributed by atoms with van der Waals surface area (Å²) in [4.78, 5) is 0. The summed E-state index contributed by atoms with van der Waals surface area (Å²) in [6.45, 7) is 0. The lowest BCUT2D eigenvalue weighted by Gasteiger charge is -2.20. The lowest BCUT2D eigenvalue weighted by Crippen LogP contribution is -2.02. The normalized spacial score (nSPS) is 22.5. The van der Waals surface area contributed by atoms with Crippen molar-refractivity contribution in [1.29, 1.82) is 0 Å². The fraction of sp³-hybridized carbons (Fsp3) is 0.333. The zero-order chi connectivity index (χ0) is 9.10. The highest BCUT2D eigenvalue weighted by Gasteiger charge is 2.16. The molecular formula is C12H13Br. The van der Waals surface area contributed by atoms with Crippen LogP contribution in [0.15, 0.2) is 40.9 Å². The summed E-state index contributed by atoms with van der Waals surface area (Å²) in [5.74, 6) is 0.606. The molecule has 0 saturated carbocycles. The van der Waals surface area contributed by atoms with Crippen LogP contribution in [0.1, 0.15) is 30.7 Å². The highest BCUT2D eigenvalue weighted by Crippen LogP contribution is 2.36. The second-order valence-electron chi connectivity index (χ2n) is 3.48. The molecule has 0 N–H and O–H groups in total. The molecule has 2 rings (SSSR count). The quantitative estimate of drug-likeness (QED) is 0.685. The van der Waals surface area contributed by atoms with Crippen LogP contribution in [0.4, 0.5) is 0 Å². The van der Waals surface area contributed by atoms with Crippen LogP contribution < -0.4 is 0 Å². The molecule has 0 fully saturated rings. The molecule has 0 heterocycles. The van der Waals surface area contributed by atoms with Crippen molar-refractivity contribution in [2.45, 2.75) is 25.2 Å². The van der Waals surface area contributed by atoms with Crippen LogP contribution in [0, 0.1) is 0 Å². The minimum atomic E-state index is 0.606. The van der Waals surface area contributed by atoms with Gasteiger partial charge in [-0.2, -0.15) is 0 Å². The summed E-state index contributed by atoms with van der Waals surface area (Å²) in [6.07, 6.45) is 6.13. The molecule has 0 aromatic heterocycles. The number of allylic oxidation sites excluding steroid dienone is 2. The van der Waals surface area contributed by atoms with E-state index in [2.05, 4.69) is 52.3 Å². The molecule has 0 radical (unpaired) electrons. The first-order chi connectivity index (χ1) is 6.38. The van der Waals surface area contributed by atoms with Gasteiger partial charge < -0.3 is 0 Å². The van der Waals surface area contributed by atoms with E-state index in [4.69, 9.17) is 0 Å². The SMILES string of the molecule is BrC1=CCCCC1c1ccccc1. The molecule has 0 bridgehead atoms. The van der Waals surface area contributed by atoms with E-state index in [1.807, 2.05) is 0 Å². The van der Waals surface area contributed by atoms with Crippen molar-refractivity contribution in [3.63, 3.8) is 0 Å². The van der Waals surface area contributed by atoms with Crippen LogP contribution in [0.5, 0.6) is 0 Å². The Morgan fingerprint density at radius 3 is 2.62 bits per heavy atom. The maximum Gasteiger partial charge on any atom is 0.0152 e. The van der Waals surface area contributed by atoms with Gasteiger partial charge in [0.05, 0.1) is 0 Å². The van der Waals surface area contributed by atoms with Gasteiger partial charge in [0.1, 0.15) is 0 Å². The average Bonchev–Trinajstić information content (AvgIpc) is 2.20. The van der Waals surface area contributed by atoms with E-state index in [1.54, 1.807) is 0 Å². The molecular weight excluding hydrogens is 224 g/mol. The van der Waals surface area contributed by atoms with Crippen molar-refractivity contribution in [3.05, 3.63) is 46.5 Å². The third-order valence-electron chi connectivity index (χ3n) is 2.57. The molecule has 68 valence electrons. The number of hydrogen-bond donors (Lipinski definition) is 0. The average molecular weight is 237 g/mol. The zero-order valence-corrected chi connectivity index (χ0v) is 9.13. The lowest BCUT2D eigenvalue weighted by molar-refractivity contribution is 0.648. The summed E-state index contributed by atoms with van der Waals surface area (Å²) in [5.41, 5.74) is 1.44. The van der Waals surface area contributed by atoms with Crippen LogP contribution in [0.2, 0.25) is 0 Å². The highest BCUT2D eigenvalue weighted by atomic mass is 79.9. The molecule has 0 amide bonds. The third-order valence-corrected chi connectivity index (χ3v) is 3.45. The Morgan fingerprint density at radius 1 is 1.15 bits per heavy atom. The predicted molar refractivity (Wildman–Crippen MR) is 60.0 cm³/mol. The summed E-state index contributed by atoms with van der Waals surface area (Å²) in [5, 5.41) is 0. The van der Waals surface area contributed by atoms with Gasteiger partial charge in [-0.1, -0.05) is 52.3 Å². The minimum Gasteiger partial charge on any atom is -0.0737 e. The van der Waals surface area contributed by atoms with Gasteiger partial charge in [-0.05, 0) is 29.3 Å². The molecule has 1 aliphatic rings. The first kappa shape index (κ1) is 9.01. The Labute approximate surface area is 87.8 Å². The van der Waals surface area contributed by atoms with Crippen LogP contribution in [0.25, 0.3) is 0 Å². The Kier molecular flexibility index (Phi) is 2.84. The van der Waals surface area contributed by atoms with E-state index in [-0.39, 0.29) is 0 Å². The Balaban J connectivity index is 2.26. The maximum absolute atomic E-state index is 3.65. The molecule has 0 spiro atoms. The van der Waals surface area contributed by atoms with Crippen molar-refractivity contribution in [3.8, 4) is 0 Å². The van der Waals surface area contributed by atoms with E-state index in [0.29, 0.717) is 5.92 Å². The molecule has 1 aromatic carbocycles. The summed E-state index contributed by atoms with van der Waals surface area (Å²) >= 11 is 3.65. The van der Waals surface area contributed by atoms with Crippen LogP contribution in [-0.4, -0.2) is 0 Å². The van der Waals surface area contributed by atoms with Crippen molar-refractivity contribution < 1.29 is 0 Å². The number of halogens is 1. The molecule has 1 aromatic rings. The topological polar surface area (TPSA) is 0 Å². The number of benzene rings is 1. The molecule has 1 heteroatoms. The number of rotatable bonds is 1. The van der Waals surface area contributed by atoms with Crippen molar-refractivity contribution >= 4 is 15.9 Å². The molecule has 0 nitrogen and oxygen atoms in total. The maximum atomic E-state index is 3.65. The zero-order valence-electron chi connectivity index (χ0n) is 7.54. The van der Waals surface area contributed by atoms with Gasteiger partial charge >= 0.3 is 0 Å². The van der Waals surface area contributed by atoms with Crippen molar-refractivity contribution in [2.24, 2.45) is 0 Å². The smallest absolute Gasteiger partial charge is 0.0152 e. The van der Waals surface area contributed by atoms with Crippen molar-refractivity contribution in [1.82, 2.24) is 0 Å². The second kappa shape index (κ2) is 4.10. The van der Waals surface area contributed by atoms with Gasteiger partial charge in [-0.15, -0.1) is 0 Å². The van der Waals surface area contributed by atoms with Crippen LogP contribution in [0.3, 0.4) is 0 Å². The fourth-order valence-corrected chi connectivity index (χ4v) is 2.58. The Morgan fingerprint density at radius 2 is 1.92 bits per heavy atom. The summed E-state index contributed by atoms with van der Waals surface area (Å²) < 4.78 is 1.37. The Bertz CT molecular complexity index is 300. The van der Waals surface area contributed by atoms with Gasteiger partial charge in [-0.25, -0.2) is 0 Å². The lowest BCUT2D eigenvalue weighted by atomic mass is 9.89. The third kappa shape index (κ3) is 2.02. The molecule has 1 atom stereocenters. The van der Waals surface area contributed by atoms with E-state index < -0.39 is 0 Å². The standard InChI is InChI=1S/C12H13Br/c13-12-9-5-4-8-11(12)10-6-2-1-3-7-10/h1-3,6-7,9,11H,4-5,8H2. The van der Waals surface area contributed by atoms with Gasteiger partial charge in [-0.3, -0.25) is 0 Å². The first-order valence-corrected chi connectivity index (χ1v) is 5.58. The molecule has 0 aliphatic heterocycles. The monoisotopic (exact) mass is 236 g/mol. The van der Waals surface area contributed by atoms with Gasteiger partial charge in [0.15, 0.2) is 0 Å². The van der Waals surface area contributed by atoms with E-state index >= 15 is 0 Å². The molecule has 1 unspecified atom stereocenters. The molecule has 13 heavy (non-hydrogen) atoms.